The van der Waals surface area contributed by atoms with Crippen LogP contribution < -0.4 is 16.0 Å². The lowest BCUT2D eigenvalue weighted by Crippen LogP contribution is -2.64. The number of piperidine rings is 2. The van der Waals surface area contributed by atoms with Crippen molar-refractivity contribution in [2.24, 2.45) is 11.8 Å². The number of nitrogens with one attached hydrogen (secondary N) is 3. The molecule has 2 unspecified atom stereocenters. The van der Waals surface area contributed by atoms with Crippen LogP contribution in [0.3, 0.4) is 0 Å². The molecule has 0 spiro atoms. The van der Waals surface area contributed by atoms with E-state index in [1.165, 1.54) is 36.5 Å². The van der Waals surface area contributed by atoms with E-state index >= 15 is 0 Å². The molecule has 396 valence electrons. The minimum atomic E-state index is -5.15. The second-order valence-electron chi connectivity index (χ2n) is 19.0. The van der Waals surface area contributed by atoms with E-state index in [1.54, 1.807) is 46.4 Å². The van der Waals surface area contributed by atoms with Gasteiger partial charge in [-0.05, 0) is 75.2 Å². The third-order valence-corrected chi connectivity index (χ3v) is 13.7. The molecule has 2 aromatic carbocycles. The van der Waals surface area contributed by atoms with Gasteiger partial charge >= 0.3 is 18.3 Å². The van der Waals surface area contributed by atoms with Crippen LogP contribution in [0.1, 0.15) is 74.1 Å². The molecular weight excluding hydrogens is 997 g/mol. The Bertz CT molecular complexity index is 2100. The molecule has 3 amide bonds. The molecule has 4 aliphatic rings. The lowest BCUT2D eigenvalue weighted by Gasteiger charge is -2.48. The van der Waals surface area contributed by atoms with E-state index in [-0.39, 0.29) is 49.4 Å². The number of aliphatic hydroxyl groups is 2. The van der Waals surface area contributed by atoms with E-state index in [1.807, 2.05) is 18.2 Å². The maximum absolute atomic E-state index is 13.4. The average Bonchev–Trinajstić information content (AvgIpc) is 3.24. The van der Waals surface area contributed by atoms with Gasteiger partial charge in [-0.15, -0.1) is 12.4 Å². The number of nitrogens with zero attached hydrogens (tertiary/aromatic N) is 5. The van der Waals surface area contributed by atoms with Crippen LogP contribution in [0.2, 0.25) is 10.0 Å². The van der Waals surface area contributed by atoms with Gasteiger partial charge in [0.25, 0.3) is 23.3 Å². The molecule has 0 bridgehead atoms. The molecule has 4 fully saturated rings. The highest BCUT2D eigenvalue weighted by atomic mass is 35.5. The van der Waals surface area contributed by atoms with Gasteiger partial charge in [0.2, 0.25) is 5.60 Å². The van der Waals surface area contributed by atoms with Crippen molar-refractivity contribution in [1.82, 2.24) is 29.8 Å². The summed E-state index contributed by atoms with van der Waals surface area (Å²) in [6.45, 7) is 10.7. The molecule has 0 radical (unpaired) electrons. The molecular formula is C46H67Cl3F6N8O7. The molecule has 0 aromatic heterocycles. The van der Waals surface area contributed by atoms with E-state index in [0.717, 1.165) is 75.4 Å². The van der Waals surface area contributed by atoms with E-state index in [0.29, 0.717) is 40.1 Å². The fourth-order valence-corrected chi connectivity index (χ4v) is 9.07. The molecule has 24 heteroatoms. The number of likely N-dealkylation sites (tertiary alicyclic amines) is 3. The number of carbonyl (C=O) groups is 4. The number of rotatable bonds is 12. The number of carboxylic acids is 1. The Hall–Kier alpha value is -3.83. The van der Waals surface area contributed by atoms with Crippen LogP contribution in [0.4, 0.5) is 37.7 Å². The first-order chi connectivity index (χ1) is 31.9. The third kappa shape index (κ3) is 14.2. The van der Waals surface area contributed by atoms with Gasteiger partial charge in [-0.3, -0.25) is 24.2 Å². The van der Waals surface area contributed by atoms with Gasteiger partial charge in [0.1, 0.15) is 0 Å². The van der Waals surface area contributed by atoms with Crippen molar-refractivity contribution in [1.29, 1.82) is 0 Å². The fourth-order valence-electron chi connectivity index (χ4n) is 8.55. The smallest absolute Gasteiger partial charge is 0.428 e. The standard InChI is InChI=1S/C23H32ClF3N4O3.C17H25ClN4O.C6H9F3O3.ClH/c1-14(2)22(34,23(25,26)27)21(33)30-9-7-17(8-10-30)31-12-16(13-31)28-15-5-6-18(19(24)11-15)20(32)29(3)4;1-21(2)17(23)15-4-3-12(9-16(15)18)20-13-10-22(11-13)14-5-7-19-8-6-14;1-3(2)5(12,4(10)11)6(7,8)9;/h5-6,11,14,16-17,28,34H,7-10,12-13H2,1-4H3;3-4,9,13-14,19-20H,5-8,10-11H2,1-2H3;3,12H,1-2H3,(H,10,11);1H. The normalized spacial score (nSPS) is 19.4. The number of anilines is 2. The van der Waals surface area contributed by atoms with Gasteiger partial charge in [-0.1, -0.05) is 50.9 Å². The van der Waals surface area contributed by atoms with E-state index in [4.69, 9.17) is 33.4 Å². The zero-order chi connectivity index (χ0) is 52.0. The first kappa shape index (κ1) is 60.5. The highest BCUT2D eigenvalue weighted by Gasteiger charge is 2.63. The monoisotopic (exact) mass is 1060 g/mol. The molecule has 15 nitrogen and oxygen atoms in total. The molecule has 2 aromatic rings. The summed E-state index contributed by atoms with van der Waals surface area (Å²) in [4.78, 5) is 55.7. The lowest BCUT2D eigenvalue weighted by molar-refractivity contribution is -0.273. The maximum Gasteiger partial charge on any atom is 0.428 e. The molecule has 70 heavy (non-hydrogen) atoms. The molecule has 0 aliphatic carbocycles. The van der Waals surface area contributed by atoms with Crippen LogP contribution in [0.5, 0.6) is 0 Å². The Morgan fingerprint density at radius 1 is 0.657 bits per heavy atom. The van der Waals surface area contributed by atoms with Gasteiger partial charge < -0.3 is 46.0 Å². The predicted molar refractivity (Wildman–Crippen MR) is 259 cm³/mol. The number of benzene rings is 2. The zero-order valence-corrected chi connectivity index (χ0v) is 42.9. The lowest BCUT2D eigenvalue weighted by atomic mass is 9.87. The first-order valence-electron chi connectivity index (χ1n) is 22.8. The second kappa shape index (κ2) is 24.7. The van der Waals surface area contributed by atoms with Gasteiger partial charge in [0, 0.05) is 103 Å². The van der Waals surface area contributed by atoms with Gasteiger partial charge in [0.05, 0.1) is 33.3 Å². The molecule has 4 aliphatic heterocycles. The Morgan fingerprint density at radius 3 is 1.30 bits per heavy atom. The van der Waals surface area contributed by atoms with Crippen molar-refractivity contribution in [2.75, 3.05) is 91.2 Å². The summed E-state index contributed by atoms with van der Waals surface area (Å²) >= 11 is 12.5. The summed E-state index contributed by atoms with van der Waals surface area (Å²) in [5, 5.41) is 38.3. The molecule has 4 heterocycles. The van der Waals surface area contributed by atoms with Gasteiger partial charge in [-0.2, -0.15) is 26.3 Å². The van der Waals surface area contributed by atoms with E-state index in [2.05, 4.69) is 25.8 Å². The molecule has 6 rings (SSSR count). The van der Waals surface area contributed by atoms with Gasteiger partial charge in [0.15, 0.2) is 0 Å². The van der Waals surface area contributed by atoms with Crippen LogP contribution in [0.25, 0.3) is 0 Å². The fraction of sp³-hybridized carbons (Fsp3) is 0.652. The number of aliphatic carboxylic acids is 1. The Kier molecular flexibility index (Phi) is 21.4. The number of hydrogen-bond donors (Lipinski definition) is 6. The number of carbonyl (C=O) groups excluding carboxylic acids is 3. The number of hydrogen-bond acceptors (Lipinski definition) is 11. The van der Waals surface area contributed by atoms with Crippen LogP contribution in [-0.2, 0) is 9.59 Å². The summed E-state index contributed by atoms with van der Waals surface area (Å²) in [7, 11) is 6.78. The maximum atomic E-state index is 13.4. The highest BCUT2D eigenvalue weighted by Crippen LogP contribution is 2.39. The van der Waals surface area contributed by atoms with Crippen LogP contribution in [0, 0.1) is 11.8 Å². The molecule has 2 atom stereocenters. The van der Waals surface area contributed by atoms with Crippen molar-refractivity contribution < 1.29 is 60.8 Å². The molecule has 0 saturated carbocycles. The topological polar surface area (TPSA) is 181 Å². The van der Waals surface area contributed by atoms with Crippen LogP contribution >= 0.6 is 35.6 Å². The van der Waals surface area contributed by atoms with Crippen molar-refractivity contribution in [2.45, 2.75) is 101 Å². The minimum Gasteiger partial charge on any atom is -0.479 e. The minimum absolute atomic E-state index is 0. The molecule has 6 N–H and O–H groups in total. The van der Waals surface area contributed by atoms with Crippen molar-refractivity contribution in [3.05, 3.63) is 57.6 Å². The van der Waals surface area contributed by atoms with Crippen molar-refractivity contribution in [3.63, 3.8) is 0 Å². The Labute approximate surface area is 421 Å². The Morgan fingerprint density at radius 2 is 1.01 bits per heavy atom. The quantitative estimate of drug-likeness (QED) is 0.129. The predicted octanol–water partition coefficient (Wildman–Crippen LogP) is 6.41. The number of amides is 3. The summed E-state index contributed by atoms with van der Waals surface area (Å²) in [6, 6.07) is 12.4. The average molecular weight is 1060 g/mol. The van der Waals surface area contributed by atoms with Crippen molar-refractivity contribution >= 4 is 70.7 Å². The zero-order valence-electron chi connectivity index (χ0n) is 40.6. The van der Waals surface area contributed by atoms with Crippen LogP contribution in [-0.4, -0.2) is 192 Å². The van der Waals surface area contributed by atoms with Crippen molar-refractivity contribution in [3.8, 4) is 0 Å². The summed E-state index contributed by atoms with van der Waals surface area (Å²) in [5.74, 6) is -6.46. The van der Waals surface area contributed by atoms with E-state index in [9.17, 15) is 50.6 Å². The second-order valence-corrected chi connectivity index (χ2v) is 19.8. The third-order valence-electron chi connectivity index (χ3n) is 13.1. The molecule has 4 saturated heterocycles. The SMILES string of the molecule is CC(C)C(O)(C(=O)N1CCC(N2CC(Nc3ccc(C(=O)N(C)C)c(Cl)c3)C2)CC1)C(F)(F)F.CC(C)C(O)(C(=O)O)C(F)(F)F.CN(C)C(=O)c1ccc(NC2CN(C3CCNCC3)C2)cc1Cl.Cl. The Balaban J connectivity index is 0.000000310. The number of carboxylic acid groups (broad SMARTS) is 1. The largest absolute Gasteiger partial charge is 0.479 e. The van der Waals surface area contributed by atoms with Gasteiger partial charge in [-0.25, -0.2) is 4.79 Å². The highest BCUT2D eigenvalue weighted by molar-refractivity contribution is 6.34. The van der Waals surface area contributed by atoms with Crippen LogP contribution in [0.15, 0.2) is 36.4 Å². The summed E-state index contributed by atoms with van der Waals surface area (Å²) in [5.41, 5.74) is -4.23. The number of halogens is 9. The van der Waals surface area contributed by atoms with E-state index < -0.39 is 47.3 Å². The summed E-state index contributed by atoms with van der Waals surface area (Å²) in [6.07, 6.45) is -6.56. The summed E-state index contributed by atoms with van der Waals surface area (Å²) < 4.78 is 76.2. The number of alkyl halides is 6. The first-order valence-corrected chi connectivity index (χ1v) is 23.5.